The van der Waals surface area contributed by atoms with E-state index in [4.69, 9.17) is 4.18 Å². The van der Waals surface area contributed by atoms with Crippen LogP contribution in [0.25, 0.3) is 0 Å². The summed E-state index contributed by atoms with van der Waals surface area (Å²) in [6, 6.07) is 10.1. The van der Waals surface area contributed by atoms with Gasteiger partial charge in [-0.05, 0) is 32.0 Å². The number of esters is 1. The summed E-state index contributed by atoms with van der Waals surface area (Å²) in [6.45, 7) is 1.59. The van der Waals surface area contributed by atoms with E-state index in [9.17, 15) is 13.2 Å². The molecule has 0 aliphatic heterocycles. The van der Waals surface area contributed by atoms with Gasteiger partial charge in [-0.25, -0.2) is 0 Å². The molecule has 130 valence electrons. The summed E-state index contributed by atoms with van der Waals surface area (Å²) in [5.74, 6) is -0.476. The monoisotopic (exact) mass is 343 g/mol. The Hall–Kier alpha value is -1.44. The topological polar surface area (TPSA) is 72.9 Å². The second-order valence-electron chi connectivity index (χ2n) is 5.57. The maximum atomic E-state index is 11.3. The summed E-state index contributed by atoms with van der Waals surface area (Å²) < 4.78 is 32.1. The van der Waals surface area contributed by atoms with Gasteiger partial charge in [-0.3, -0.25) is 8.98 Å². The van der Waals surface area contributed by atoms with Gasteiger partial charge in [0.15, 0.2) is 0 Å². The number of hydrogen-bond acceptors (Lipinski definition) is 6. The van der Waals surface area contributed by atoms with E-state index in [1.165, 1.54) is 12.7 Å². The van der Waals surface area contributed by atoms with Crippen LogP contribution in [0.2, 0.25) is 0 Å². The van der Waals surface area contributed by atoms with Gasteiger partial charge < -0.3 is 9.64 Å². The first-order valence-corrected chi connectivity index (χ1v) is 9.29. The lowest BCUT2D eigenvalue weighted by Crippen LogP contribution is -2.25. The standard InChI is InChI=1S/C16H25NO5S/c1-17(13-14-8-5-4-6-9-14)11-7-10-15(12-16(18)21-2)22-23(3,19)20/h4-6,8-9,15H,7,10-13H2,1-3H3. The highest BCUT2D eigenvalue weighted by atomic mass is 32.2. The molecule has 0 bridgehead atoms. The highest BCUT2D eigenvalue weighted by molar-refractivity contribution is 7.86. The van der Waals surface area contributed by atoms with E-state index in [1.807, 2.05) is 25.2 Å². The third kappa shape index (κ3) is 9.32. The third-order valence-corrected chi connectivity index (χ3v) is 3.92. The van der Waals surface area contributed by atoms with Gasteiger partial charge in [-0.15, -0.1) is 0 Å². The molecule has 1 aromatic rings. The first-order chi connectivity index (χ1) is 10.8. The molecule has 0 N–H and O–H groups in total. The SMILES string of the molecule is COC(=O)CC(CCCN(C)Cc1ccccc1)OS(C)(=O)=O. The minimum absolute atomic E-state index is 0.0635. The van der Waals surface area contributed by atoms with E-state index in [-0.39, 0.29) is 6.42 Å². The Morgan fingerprint density at radius 1 is 1.26 bits per heavy atom. The van der Waals surface area contributed by atoms with Gasteiger partial charge in [0.05, 0.1) is 25.9 Å². The minimum atomic E-state index is -3.60. The van der Waals surface area contributed by atoms with Gasteiger partial charge in [0.25, 0.3) is 10.1 Å². The predicted molar refractivity (Wildman–Crippen MR) is 88.4 cm³/mol. The Kier molecular flexibility index (Phi) is 8.22. The summed E-state index contributed by atoms with van der Waals surface area (Å²) in [5, 5.41) is 0. The number of nitrogens with zero attached hydrogens (tertiary/aromatic N) is 1. The van der Waals surface area contributed by atoms with Crippen LogP contribution in [-0.4, -0.2) is 52.3 Å². The van der Waals surface area contributed by atoms with Gasteiger partial charge in [0.1, 0.15) is 0 Å². The summed E-state index contributed by atoms with van der Waals surface area (Å²) in [6.07, 6.45) is 1.44. The van der Waals surface area contributed by atoms with Crippen LogP contribution in [0.3, 0.4) is 0 Å². The molecular formula is C16H25NO5S. The molecule has 1 unspecified atom stereocenters. The maximum absolute atomic E-state index is 11.3. The Morgan fingerprint density at radius 2 is 1.91 bits per heavy atom. The van der Waals surface area contributed by atoms with E-state index < -0.39 is 22.2 Å². The lowest BCUT2D eigenvalue weighted by atomic mass is 10.1. The Morgan fingerprint density at radius 3 is 2.48 bits per heavy atom. The number of carbonyl (C=O) groups excluding carboxylic acids is 1. The van der Waals surface area contributed by atoms with Crippen LogP contribution in [0, 0.1) is 0 Å². The molecule has 0 heterocycles. The summed E-state index contributed by atoms with van der Waals surface area (Å²) in [4.78, 5) is 13.5. The minimum Gasteiger partial charge on any atom is -0.469 e. The van der Waals surface area contributed by atoms with E-state index in [0.29, 0.717) is 6.42 Å². The Bertz CT molecular complexity index is 573. The van der Waals surface area contributed by atoms with Crippen molar-refractivity contribution in [1.29, 1.82) is 0 Å². The Labute approximate surface area is 138 Å². The molecule has 0 aromatic heterocycles. The van der Waals surface area contributed by atoms with Crippen molar-refractivity contribution >= 4 is 16.1 Å². The molecular weight excluding hydrogens is 318 g/mol. The van der Waals surface area contributed by atoms with E-state index in [2.05, 4.69) is 21.8 Å². The number of rotatable bonds is 10. The number of hydrogen-bond donors (Lipinski definition) is 0. The van der Waals surface area contributed by atoms with Crippen LogP contribution in [-0.2, 0) is 30.4 Å². The van der Waals surface area contributed by atoms with Crippen molar-refractivity contribution < 1.29 is 22.1 Å². The first-order valence-electron chi connectivity index (χ1n) is 7.47. The van der Waals surface area contributed by atoms with Crippen LogP contribution in [0.5, 0.6) is 0 Å². The molecule has 1 aromatic carbocycles. The van der Waals surface area contributed by atoms with Crippen molar-refractivity contribution in [2.24, 2.45) is 0 Å². The maximum Gasteiger partial charge on any atom is 0.308 e. The highest BCUT2D eigenvalue weighted by Crippen LogP contribution is 2.12. The van der Waals surface area contributed by atoms with Crippen molar-refractivity contribution in [2.45, 2.75) is 31.9 Å². The second-order valence-corrected chi connectivity index (χ2v) is 7.17. The number of carbonyl (C=O) groups is 1. The third-order valence-electron chi connectivity index (χ3n) is 3.29. The molecule has 0 spiro atoms. The number of methoxy groups -OCH3 is 1. The highest BCUT2D eigenvalue weighted by Gasteiger charge is 2.19. The van der Waals surface area contributed by atoms with Crippen LogP contribution in [0.1, 0.15) is 24.8 Å². The molecule has 7 heteroatoms. The molecule has 0 saturated heterocycles. The number of benzene rings is 1. The Balaban J connectivity index is 2.42. The fraction of sp³-hybridized carbons (Fsp3) is 0.562. The van der Waals surface area contributed by atoms with Gasteiger partial charge >= 0.3 is 5.97 Å². The zero-order valence-corrected chi connectivity index (χ0v) is 14.7. The molecule has 0 saturated carbocycles. The van der Waals surface area contributed by atoms with E-state index in [0.717, 1.165) is 25.8 Å². The smallest absolute Gasteiger partial charge is 0.308 e. The van der Waals surface area contributed by atoms with Gasteiger partial charge in [-0.2, -0.15) is 8.42 Å². The summed E-state index contributed by atoms with van der Waals surface area (Å²) in [7, 11) is -0.327. The van der Waals surface area contributed by atoms with Crippen LogP contribution < -0.4 is 0 Å². The lowest BCUT2D eigenvalue weighted by molar-refractivity contribution is -0.142. The molecule has 0 aliphatic rings. The van der Waals surface area contributed by atoms with Crippen LogP contribution in [0.15, 0.2) is 30.3 Å². The van der Waals surface area contributed by atoms with Gasteiger partial charge in [-0.1, -0.05) is 30.3 Å². The zero-order valence-electron chi connectivity index (χ0n) is 13.9. The van der Waals surface area contributed by atoms with Crippen molar-refractivity contribution in [3.8, 4) is 0 Å². The predicted octanol–water partition coefficient (Wildman–Crippen LogP) is 1.81. The van der Waals surface area contributed by atoms with Crippen molar-refractivity contribution in [2.75, 3.05) is 27.0 Å². The fourth-order valence-electron chi connectivity index (χ4n) is 2.26. The van der Waals surface area contributed by atoms with Crippen molar-refractivity contribution in [3.63, 3.8) is 0 Å². The van der Waals surface area contributed by atoms with Crippen molar-refractivity contribution in [3.05, 3.63) is 35.9 Å². The molecule has 0 aliphatic carbocycles. The molecule has 0 radical (unpaired) electrons. The molecule has 1 rings (SSSR count). The second kappa shape index (κ2) is 9.64. The number of ether oxygens (including phenoxy) is 1. The normalized spacial score (nSPS) is 13.0. The largest absolute Gasteiger partial charge is 0.469 e. The fourth-order valence-corrected chi connectivity index (χ4v) is 2.92. The molecule has 0 amide bonds. The van der Waals surface area contributed by atoms with E-state index in [1.54, 1.807) is 0 Å². The molecule has 1 atom stereocenters. The summed E-state index contributed by atoms with van der Waals surface area (Å²) >= 11 is 0. The van der Waals surface area contributed by atoms with Gasteiger partial charge in [0.2, 0.25) is 0 Å². The average molecular weight is 343 g/mol. The zero-order chi connectivity index (χ0) is 17.3. The molecule has 6 nitrogen and oxygen atoms in total. The van der Waals surface area contributed by atoms with Crippen LogP contribution >= 0.6 is 0 Å². The van der Waals surface area contributed by atoms with Crippen molar-refractivity contribution in [1.82, 2.24) is 4.90 Å². The average Bonchev–Trinajstić information content (AvgIpc) is 2.46. The lowest BCUT2D eigenvalue weighted by Gasteiger charge is -2.19. The first kappa shape index (κ1) is 19.6. The molecule has 0 fully saturated rings. The van der Waals surface area contributed by atoms with Crippen LogP contribution in [0.4, 0.5) is 0 Å². The molecule has 23 heavy (non-hydrogen) atoms. The van der Waals surface area contributed by atoms with Gasteiger partial charge in [0, 0.05) is 6.54 Å². The van der Waals surface area contributed by atoms with E-state index >= 15 is 0 Å². The quantitative estimate of drug-likeness (QED) is 0.476. The summed E-state index contributed by atoms with van der Waals surface area (Å²) in [5.41, 5.74) is 1.22.